The first-order valence-corrected chi connectivity index (χ1v) is 6.18. The van der Waals surface area contributed by atoms with Crippen LogP contribution in [-0.4, -0.2) is 17.8 Å². The zero-order valence-corrected chi connectivity index (χ0v) is 10.7. The SMILES string of the molecule is CC(CO)(NC1CC1)c1ccc(F)cc1Br. The van der Waals surface area contributed by atoms with E-state index in [-0.39, 0.29) is 12.4 Å². The fraction of sp³-hybridized carbons (Fsp3) is 0.500. The number of benzene rings is 1. The zero-order chi connectivity index (χ0) is 11.8. The number of nitrogens with one attached hydrogen (secondary N) is 1. The van der Waals surface area contributed by atoms with Crippen molar-refractivity contribution in [1.82, 2.24) is 5.32 Å². The minimum Gasteiger partial charge on any atom is -0.394 e. The molecule has 2 rings (SSSR count). The van der Waals surface area contributed by atoms with E-state index in [1.807, 2.05) is 6.92 Å². The summed E-state index contributed by atoms with van der Waals surface area (Å²) in [6, 6.07) is 5.04. The fourth-order valence-electron chi connectivity index (χ4n) is 1.82. The van der Waals surface area contributed by atoms with E-state index in [4.69, 9.17) is 0 Å². The lowest BCUT2D eigenvalue weighted by Gasteiger charge is -2.30. The van der Waals surface area contributed by atoms with E-state index in [0.29, 0.717) is 10.5 Å². The van der Waals surface area contributed by atoms with Crippen LogP contribution in [0.2, 0.25) is 0 Å². The summed E-state index contributed by atoms with van der Waals surface area (Å²) in [5.41, 5.74) is 0.386. The first-order valence-electron chi connectivity index (χ1n) is 5.39. The zero-order valence-electron chi connectivity index (χ0n) is 9.13. The predicted octanol–water partition coefficient (Wildman–Crippen LogP) is 2.55. The molecule has 1 aromatic carbocycles. The Balaban J connectivity index is 2.30. The average molecular weight is 288 g/mol. The van der Waals surface area contributed by atoms with Gasteiger partial charge in [0, 0.05) is 10.5 Å². The third kappa shape index (κ3) is 2.44. The van der Waals surface area contributed by atoms with Gasteiger partial charge in [-0.1, -0.05) is 22.0 Å². The summed E-state index contributed by atoms with van der Waals surface area (Å²) in [6.07, 6.45) is 2.29. The lowest BCUT2D eigenvalue weighted by atomic mass is 9.92. The van der Waals surface area contributed by atoms with E-state index in [1.54, 1.807) is 6.07 Å². The predicted molar refractivity (Wildman–Crippen MR) is 64.7 cm³/mol. The normalized spacial score (nSPS) is 19.5. The lowest BCUT2D eigenvalue weighted by molar-refractivity contribution is 0.172. The van der Waals surface area contributed by atoms with E-state index >= 15 is 0 Å². The molecular weight excluding hydrogens is 273 g/mol. The molecule has 0 amide bonds. The maximum absolute atomic E-state index is 13.0. The van der Waals surface area contributed by atoms with E-state index in [0.717, 1.165) is 18.4 Å². The molecule has 0 heterocycles. The highest BCUT2D eigenvalue weighted by Crippen LogP contribution is 2.32. The summed E-state index contributed by atoms with van der Waals surface area (Å²) in [5, 5.41) is 12.9. The van der Waals surface area contributed by atoms with Crippen molar-refractivity contribution in [2.45, 2.75) is 31.3 Å². The summed E-state index contributed by atoms with van der Waals surface area (Å²) in [4.78, 5) is 0. The standard InChI is InChI=1S/C12H15BrFNO/c1-12(7-16,15-9-3-4-9)10-5-2-8(14)6-11(10)13/h2,5-6,9,15-16H,3-4,7H2,1H3. The Morgan fingerprint density at radius 3 is 2.75 bits per heavy atom. The molecule has 1 atom stereocenters. The smallest absolute Gasteiger partial charge is 0.124 e. The third-order valence-electron chi connectivity index (χ3n) is 2.94. The second-order valence-corrected chi connectivity index (χ2v) is 5.39. The van der Waals surface area contributed by atoms with E-state index < -0.39 is 5.54 Å². The van der Waals surface area contributed by atoms with Crippen LogP contribution in [0.15, 0.2) is 22.7 Å². The Morgan fingerprint density at radius 2 is 2.25 bits per heavy atom. The van der Waals surface area contributed by atoms with E-state index in [1.165, 1.54) is 12.1 Å². The van der Waals surface area contributed by atoms with E-state index in [9.17, 15) is 9.50 Å². The summed E-state index contributed by atoms with van der Waals surface area (Å²) < 4.78 is 13.7. The number of aliphatic hydroxyl groups is 1. The molecule has 1 aromatic rings. The molecule has 2 N–H and O–H groups in total. The van der Waals surface area contributed by atoms with E-state index in [2.05, 4.69) is 21.2 Å². The number of hydrogen-bond donors (Lipinski definition) is 2. The quantitative estimate of drug-likeness (QED) is 0.892. The van der Waals surface area contributed by atoms with Crippen LogP contribution in [0.4, 0.5) is 4.39 Å². The molecule has 1 saturated carbocycles. The molecule has 0 spiro atoms. The number of halogens is 2. The number of rotatable bonds is 4. The molecule has 88 valence electrons. The van der Waals surface area contributed by atoms with Crippen LogP contribution in [0.25, 0.3) is 0 Å². The van der Waals surface area contributed by atoms with Crippen LogP contribution in [0, 0.1) is 5.82 Å². The van der Waals surface area contributed by atoms with Crippen molar-refractivity contribution in [1.29, 1.82) is 0 Å². The van der Waals surface area contributed by atoms with Crippen molar-refractivity contribution in [3.63, 3.8) is 0 Å². The van der Waals surface area contributed by atoms with Crippen molar-refractivity contribution in [3.05, 3.63) is 34.1 Å². The molecule has 16 heavy (non-hydrogen) atoms. The first-order chi connectivity index (χ1) is 7.55. The highest BCUT2D eigenvalue weighted by atomic mass is 79.9. The molecule has 2 nitrogen and oxygen atoms in total. The molecule has 0 radical (unpaired) electrons. The molecule has 1 aliphatic rings. The minimum absolute atomic E-state index is 0.00622. The van der Waals surface area contributed by atoms with Crippen LogP contribution in [-0.2, 0) is 5.54 Å². The topological polar surface area (TPSA) is 32.3 Å². The molecular formula is C12H15BrFNO. The van der Waals surface area contributed by atoms with Gasteiger partial charge in [0.25, 0.3) is 0 Å². The monoisotopic (exact) mass is 287 g/mol. The van der Waals surface area contributed by atoms with Crippen molar-refractivity contribution in [2.75, 3.05) is 6.61 Å². The Labute approximate surface area is 103 Å². The van der Waals surface area contributed by atoms with Gasteiger partial charge >= 0.3 is 0 Å². The van der Waals surface area contributed by atoms with Crippen molar-refractivity contribution < 1.29 is 9.50 Å². The van der Waals surface area contributed by atoms with Gasteiger partial charge in [0.05, 0.1) is 12.1 Å². The molecule has 1 unspecified atom stereocenters. The van der Waals surface area contributed by atoms with Gasteiger partial charge in [-0.15, -0.1) is 0 Å². The van der Waals surface area contributed by atoms with Crippen molar-refractivity contribution in [3.8, 4) is 0 Å². The minimum atomic E-state index is -0.506. The van der Waals surface area contributed by atoms with Gasteiger partial charge < -0.3 is 10.4 Å². The maximum Gasteiger partial charge on any atom is 0.124 e. The Kier molecular flexibility index (Phi) is 3.33. The number of aliphatic hydroxyl groups excluding tert-OH is 1. The number of hydrogen-bond acceptors (Lipinski definition) is 2. The summed E-state index contributed by atoms with van der Waals surface area (Å²) in [7, 11) is 0. The van der Waals surface area contributed by atoms with Crippen molar-refractivity contribution >= 4 is 15.9 Å². The molecule has 1 aliphatic carbocycles. The summed E-state index contributed by atoms with van der Waals surface area (Å²) in [5.74, 6) is -0.276. The summed E-state index contributed by atoms with van der Waals surface area (Å²) in [6.45, 7) is 1.93. The van der Waals surface area contributed by atoms with Crippen LogP contribution in [0.3, 0.4) is 0 Å². The second kappa shape index (κ2) is 4.43. The van der Waals surface area contributed by atoms with Crippen LogP contribution >= 0.6 is 15.9 Å². The van der Waals surface area contributed by atoms with Gasteiger partial charge in [-0.3, -0.25) is 0 Å². The summed E-state index contributed by atoms with van der Waals surface area (Å²) >= 11 is 3.34. The average Bonchev–Trinajstić information content (AvgIpc) is 3.01. The molecule has 0 saturated heterocycles. The van der Waals surface area contributed by atoms with Gasteiger partial charge in [0.15, 0.2) is 0 Å². The fourth-order valence-corrected chi connectivity index (χ4v) is 2.61. The Bertz CT molecular complexity index is 395. The van der Waals surface area contributed by atoms with Crippen LogP contribution in [0.5, 0.6) is 0 Å². The van der Waals surface area contributed by atoms with Gasteiger partial charge in [-0.25, -0.2) is 4.39 Å². The molecule has 0 bridgehead atoms. The molecule has 0 aliphatic heterocycles. The molecule has 0 aromatic heterocycles. The molecule has 1 fully saturated rings. The van der Waals surface area contributed by atoms with Crippen LogP contribution in [0.1, 0.15) is 25.3 Å². The highest BCUT2D eigenvalue weighted by molar-refractivity contribution is 9.10. The van der Waals surface area contributed by atoms with Gasteiger partial charge in [-0.05, 0) is 37.5 Å². The first kappa shape index (κ1) is 12.0. The third-order valence-corrected chi connectivity index (χ3v) is 3.60. The lowest BCUT2D eigenvalue weighted by Crippen LogP contribution is -2.44. The van der Waals surface area contributed by atoms with Crippen LogP contribution < -0.4 is 5.32 Å². The maximum atomic E-state index is 13.0. The Morgan fingerprint density at radius 1 is 1.56 bits per heavy atom. The second-order valence-electron chi connectivity index (χ2n) is 4.53. The largest absolute Gasteiger partial charge is 0.394 e. The molecule has 4 heteroatoms. The van der Waals surface area contributed by atoms with Gasteiger partial charge in [0.1, 0.15) is 5.82 Å². The van der Waals surface area contributed by atoms with Crippen molar-refractivity contribution in [2.24, 2.45) is 0 Å². The van der Waals surface area contributed by atoms with Gasteiger partial charge in [-0.2, -0.15) is 0 Å². The highest BCUT2D eigenvalue weighted by Gasteiger charge is 2.34. The van der Waals surface area contributed by atoms with Gasteiger partial charge in [0.2, 0.25) is 0 Å². The Hall–Kier alpha value is -0.450.